The molecule has 1 fully saturated rings. The molecule has 0 radical (unpaired) electrons. The molecule has 4 rings (SSSR count). The highest BCUT2D eigenvalue weighted by Gasteiger charge is 2.34. The fraction of sp³-hybridized carbons (Fsp3) is 0.353. The maximum absolute atomic E-state index is 14.6. The van der Waals surface area contributed by atoms with Gasteiger partial charge in [0.05, 0.1) is 25.0 Å². The summed E-state index contributed by atoms with van der Waals surface area (Å²) in [6, 6.07) is 2.26. The van der Waals surface area contributed by atoms with Gasteiger partial charge >= 0.3 is 6.09 Å². The molecule has 1 aromatic carbocycles. The van der Waals surface area contributed by atoms with Gasteiger partial charge in [0.15, 0.2) is 0 Å². The lowest BCUT2D eigenvalue weighted by molar-refractivity contribution is 0.129. The van der Waals surface area contributed by atoms with Crippen LogP contribution in [0.25, 0.3) is 5.57 Å². The second kappa shape index (κ2) is 7.18. The van der Waals surface area contributed by atoms with Crippen LogP contribution in [0.15, 0.2) is 30.6 Å². The molecule has 142 valence electrons. The lowest BCUT2D eigenvalue weighted by atomic mass is 10.0. The highest BCUT2D eigenvalue weighted by molar-refractivity contribution is 7.85. The van der Waals surface area contributed by atoms with Gasteiger partial charge in [0.25, 0.3) is 0 Å². The number of carbonyl (C=O) groups excluding carboxylic acids is 1. The molecule has 2 aliphatic heterocycles. The number of hydrogen-bond acceptors (Lipinski definition) is 5. The summed E-state index contributed by atoms with van der Waals surface area (Å²) in [7, 11) is -0.979. The fourth-order valence-electron chi connectivity index (χ4n) is 3.22. The van der Waals surface area contributed by atoms with Gasteiger partial charge in [-0.05, 0) is 24.1 Å². The van der Waals surface area contributed by atoms with Crippen LogP contribution in [0.3, 0.4) is 0 Å². The summed E-state index contributed by atoms with van der Waals surface area (Å²) in [6.07, 6.45) is 3.94. The van der Waals surface area contributed by atoms with Crippen molar-refractivity contribution < 1.29 is 22.5 Å². The van der Waals surface area contributed by atoms with Crippen LogP contribution < -0.4 is 4.90 Å². The van der Waals surface area contributed by atoms with Gasteiger partial charge in [-0.25, -0.2) is 18.3 Å². The lowest BCUT2D eigenvalue weighted by Gasteiger charge is -2.18. The number of ether oxygens (including phenoxy) is 1. The van der Waals surface area contributed by atoms with Gasteiger partial charge in [0, 0.05) is 34.1 Å². The van der Waals surface area contributed by atoms with Gasteiger partial charge in [0.1, 0.15) is 17.7 Å². The van der Waals surface area contributed by atoms with E-state index in [4.69, 9.17) is 4.74 Å². The maximum Gasteiger partial charge on any atom is 0.414 e. The zero-order valence-electron chi connectivity index (χ0n) is 14.2. The van der Waals surface area contributed by atoms with Crippen molar-refractivity contribution in [3.05, 3.63) is 47.8 Å². The van der Waals surface area contributed by atoms with Crippen molar-refractivity contribution in [3.8, 4) is 0 Å². The topological polar surface area (TPSA) is 77.3 Å². The van der Waals surface area contributed by atoms with Crippen molar-refractivity contribution in [1.29, 1.82) is 0 Å². The SMILES string of the molecule is O=C1OC(Cn2ccnn2)CN1c1cc(F)c(C2=CCS(=O)CC2)c(F)c1. The van der Waals surface area contributed by atoms with Gasteiger partial charge in [-0.2, -0.15) is 0 Å². The Hall–Kier alpha value is -2.62. The molecule has 27 heavy (non-hydrogen) atoms. The van der Waals surface area contributed by atoms with Crippen LogP contribution in [0.1, 0.15) is 12.0 Å². The summed E-state index contributed by atoms with van der Waals surface area (Å²) in [5.74, 6) is -0.833. The number of allylic oxidation sites excluding steroid dienone is 1. The van der Waals surface area contributed by atoms with E-state index in [9.17, 15) is 17.8 Å². The third-order valence-electron chi connectivity index (χ3n) is 4.51. The van der Waals surface area contributed by atoms with E-state index in [1.807, 2.05) is 0 Å². The van der Waals surface area contributed by atoms with E-state index in [2.05, 4.69) is 10.3 Å². The number of anilines is 1. The van der Waals surface area contributed by atoms with Gasteiger partial charge in [-0.3, -0.25) is 9.11 Å². The summed E-state index contributed by atoms with van der Waals surface area (Å²) in [4.78, 5) is 13.3. The van der Waals surface area contributed by atoms with Crippen LogP contribution in [0.4, 0.5) is 19.3 Å². The molecule has 0 spiro atoms. The second-order valence-electron chi connectivity index (χ2n) is 6.32. The quantitative estimate of drug-likeness (QED) is 0.794. The van der Waals surface area contributed by atoms with Crippen molar-refractivity contribution >= 4 is 28.2 Å². The molecule has 3 heterocycles. The summed E-state index contributed by atoms with van der Waals surface area (Å²) < 4.78 is 47.4. The van der Waals surface area contributed by atoms with Gasteiger partial charge in [-0.15, -0.1) is 5.10 Å². The van der Waals surface area contributed by atoms with E-state index < -0.39 is 34.6 Å². The zero-order chi connectivity index (χ0) is 19.0. The Labute approximate surface area is 156 Å². The Bertz CT molecular complexity index is 909. The summed E-state index contributed by atoms with van der Waals surface area (Å²) in [6.45, 7) is 0.452. The smallest absolute Gasteiger partial charge is 0.414 e. The van der Waals surface area contributed by atoms with E-state index in [-0.39, 0.29) is 17.8 Å². The standard InChI is InChI=1S/C17H16F2N4O3S/c18-14-7-12(8-15(19)16(14)11-1-5-27(25)6-2-11)23-10-13(26-17(23)24)9-22-4-3-20-21-22/h1,3-4,7-8,13H,2,5-6,9-10H2. The molecule has 10 heteroatoms. The number of benzene rings is 1. The number of amides is 1. The molecule has 0 bridgehead atoms. The Morgan fingerprint density at radius 3 is 2.70 bits per heavy atom. The van der Waals surface area contributed by atoms with E-state index in [1.165, 1.54) is 15.8 Å². The summed E-state index contributed by atoms with van der Waals surface area (Å²) in [5.41, 5.74) is 0.478. The van der Waals surface area contributed by atoms with Crippen LogP contribution in [0.2, 0.25) is 0 Å². The number of aromatic nitrogens is 3. The van der Waals surface area contributed by atoms with Crippen LogP contribution in [0.5, 0.6) is 0 Å². The van der Waals surface area contributed by atoms with Crippen molar-refractivity contribution in [2.45, 2.75) is 19.1 Å². The van der Waals surface area contributed by atoms with Crippen LogP contribution >= 0.6 is 0 Å². The first kappa shape index (κ1) is 17.8. The first-order chi connectivity index (χ1) is 13.0. The predicted molar refractivity (Wildman–Crippen MR) is 94.5 cm³/mol. The number of halogens is 2. The molecular weight excluding hydrogens is 378 g/mol. The van der Waals surface area contributed by atoms with Crippen LogP contribution in [0, 0.1) is 11.6 Å². The van der Waals surface area contributed by atoms with E-state index in [0.29, 0.717) is 30.0 Å². The molecule has 1 amide bonds. The molecule has 2 unspecified atom stereocenters. The van der Waals surface area contributed by atoms with Crippen molar-refractivity contribution in [2.24, 2.45) is 0 Å². The van der Waals surface area contributed by atoms with E-state index >= 15 is 0 Å². The molecule has 1 saturated heterocycles. The second-order valence-corrected chi connectivity index (χ2v) is 7.94. The summed E-state index contributed by atoms with van der Waals surface area (Å²) >= 11 is 0. The number of rotatable bonds is 4. The molecule has 2 atom stereocenters. The molecule has 0 saturated carbocycles. The minimum Gasteiger partial charge on any atom is -0.442 e. The average molecular weight is 394 g/mol. The van der Waals surface area contributed by atoms with Crippen LogP contribution in [-0.2, 0) is 22.1 Å². The predicted octanol–water partition coefficient (Wildman–Crippen LogP) is 2.12. The highest BCUT2D eigenvalue weighted by Crippen LogP contribution is 2.32. The third-order valence-corrected chi connectivity index (χ3v) is 5.71. The molecule has 7 nitrogen and oxygen atoms in total. The van der Waals surface area contributed by atoms with E-state index in [0.717, 1.165) is 12.1 Å². The minimum absolute atomic E-state index is 0.0971. The molecule has 0 aliphatic carbocycles. The van der Waals surface area contributed by atoms with Gasteiger partial charge < -0.3 is 4.74 Å². The van der Waals surface area contributed by atoms with E-state index in [1.54, 1.807) is 12.3 Å². The number of hydrogen-bond donors (Lipinski definition) is 0. The van der Waals surface area contributed by atoms with Crippen molar-refractivity contribution in [2.75, 3.05) is 23.0 Å². The molecular formula is C17H16F2N4O3S. The number of cyclic esters (lactones) is 1. The molecule has 2 aliphatic rings. The maximum atomic E-state index is 14.6. The monoisotopic (exact) mass is 394 g/mol. The number of carbonyl (C=O) groups is 1. The molecule has 0 N–H and O–H groups in total. The first-order valence-electron chi connectivity index (χ1n) is 8.37. The number of nitrogens with zero attached hydrogens (tertiary/aromatic N) is 4. The zero-order valence-corrected chi connectivity index (χ0v) is 15.0. The molecule has 1 aromatic heterocycles. The highest BCUT2D eigenvalue weighted by atomic mass is 32.2. The Morgan fingerprint density at radius 1 is 1.30 bits per heavy atom. The average Bonchev–Trinajstić information content (AvgIpc) is 3.26. The minimum atomic E-state index is -0.979. The Balaban J connectivity index is 1.56. The third kappa shape index (κ3) is 3.61. The van der Waals surface area contributed by atoms with Gasteiger partial charge in [-0.1, -0.05) is 11.3 Å². The largest absolute Gasteiger partial charge is 0.442 e. The lowest BCUT2D eigenvalue weighted by Crippen LogP contribution is -2.26. The molecule has 2 aromatic rings. The van der Waals surface area contributed by atoms with Gasteiger partial charge in [0.2, 0.25) is 0 Å². The summed E-state index contributed by atoms with van der Waals surface area (Å²) in [5, 5.41) is 7.49. The first-order valence-corrected chi connectivity index (χ1v) is 9.86. The fourth-order valence-corrected chi connectivity index (χ4v) is 4.22. The van der Waals surface area contributed by atoms with Crippen LogP contribution in [-0.4, -0.2) is 49.5 Å². The normalized spacial score (nSPS) is 22.7. The van der Waals surface area contributed by atoms with Crippen molar-refractivity contribution in [1.82, 2.24) is 15.0 Å². The Morgan fingerprint density at radius 2 is 2.07 bits per heavy atom. The van der Waals surface area contributed by atoms with Crippen molar-refractivity contribution in [3.63, 3.8) is 0 Å². The Kier molecular flexibility index (Phi) is 4.73.